The number of ketones is 2. The first-order chi connectivity index (χ1) is 14.7. The molecule has 0 unspecified atom stereocenters. The third-order valence-electron chi connectivity index (χ3n) is 7.25. The van der Waals surface area contributed by atoms with E-state index in [0.29, 0.717) is 22.3 Å². The Morgan fingerprint density at radius 3 is 2.47 bits per heavy atom. The van der Waals surface area contributed by atoms with E-state index in [-0.39, 0.29) is 11.6 Å². The Bertz CT molecular complexity index is 965. The van der Waals surface area contributed by atoms with E-state index in [1.165, 1.54) is 51.6 Å². The predicted molar refractivity (Wildman–Crippen MR) is 119 cm³/mol. The number of rotatable bonds is 5. The van der Waals surface area contributed by atoms with Crippen LogP contribution in [-0.4, -0.2) is 42.1 Å². The van der Waals surface area contributed by atoms with Crippen LogP contribution in [0.5, 0.6) is 0 Å². The fourth-order valence-electron chi connectivity index (χ4n) is 5.79. The van der Waals surface area contributed by atoms with Crippen LogP contribution < -0.4 is 5.32 Å². The lowest BCUT2D eigenvalue weighted by atomic mass is 9.81. The van der Waals surface area contributed by atoms with E-state index in [0.717, 1.165) is 30.6 Å². The quantitative estimate of drug-likeness (QED) is 0.616. The van der Waals surface area contributed by atoms with Gasteiger partial charge in [-0.3, -0.25) is 9.59 Å². The van der Waals surface area contributed by atoms with Crippen molar-refractivity contribution >= 4 is 17.3 Å². The molecule has 1 aliphatic carbocycles. The maximum absolute atomic E-state index is 13.1. The summed E-state index contributed by atoms with van der Waals surface area (Å²) in [5, 5.41) is 3.48. The summed E-state index contributed by atoms with van der Waals surface area (Å²) in [6.45, 7) is 3.41. The van der Waals surface area contributed by atoms with Gasteiger partial charge in [0.05, 0.1) is 5.56 Å². The van der Waals surface area contributed by atoms with Crippen LogP contribution >= 0.6 is 0 Å². The lowest BCUT2D eigenvalue weighted by Crippen LogP contribution is -2.47. The number of anilines is 1. The van der Waals surface area contributed by atoms with Crippen molar-refractivity contribution in [2.75, 3.05) is 25.0 Å². The largest absolute Gasteiger partial charge is 0.384 e. The molecule has 0 bridgehead atoms. The molecule has 2 aliphatic heterocycles. The molecule has 3 aliphatic rings. The zero-order chi connectivity index (χ0) is 20.5. The zero-order valence-electron chi connectivity index (χ0n) is 17.5. The minimum absolute atomic E-state index is 0.0478. The van der Waals surface area contributed by atoms with Crippen molar-refractivity contribution < 1.29 is 9.59 Å². The smallest absolute Gasteiger partial charge is 0.196 e. The van der Waals surface area contributed by atoms with Gasteiger partial charge in [0.1, 0.15) is 0 Å². The highest BCUT2D eigenvalue weighted by Gasteiger charge is 2.33. The molecular formula is C26H30N2O2. The maximum Gasteiger partial charge on any atom is 0.196 e. The molecule has 4 nitrogen and oxygen atoms in total. The molecule has 0 amide bonds. The van der Waals surface area contributed by atoms with Gasteiger partial charge in [0.25, 0.3) is 0 Å². The van der Waals surface area contributed by atoms with E-state index in [4.69, 9.17) is 0 Å². The molecule has 2 atom stereocenters. The van der Waals surface area contributed by atoms with Crippen molar-refractivity contribution in [1.29, 1.82) is 0 Å². The number of piperidine rings is 2. The van der Waals surface area contributed by atoms with Gasteiger partial charge in [0, 0.05) is 35.0 Å². The second kappa shape index (κ2) is 8.35. The minimum Gasteiger partial charge on any atom is -0.384 e. The van der Waals surface area contributed by atoms with Gasteiger partial charge in [-0.2, -0.15) is 0 Å². The van der Waals surface area contributed by atoms with Crippen LogP contribution in [-0.2, 0) is 0 Å². The van der Waals surface area contributed by atoms with E-state index >= 15 is 0 Å². The van der Waals surface area contributed by atoms with Gasteiger partial charge in [-0.15, -0.1) is 0 Å². The van der Waals surface area contributed by atoms with Crippen molar-refractivity contribution in [3.63, 3.8) is 0 Å². The fourth-order valence-corrected chi connectivity index (χ4v) is 5.79. The Morgan fingerprint density at radius 2 is 1.60 bits per heavy atom. The highest BCUT2D eigenvalue weighted by molar-refractivity contribution is 6.30. The SMILES string of the molecule is O=C1c2ccccc2C(=O)c2c(NCCC[C@@H]3CCCN4CCCC[C@H]34)cccc21. The summed E-state index contributed by atoms with van der Waals surface area (Å²) in [6, 6.07) is 13.5. The Morgan fingerprint density at radius 1 is 0.833 bits per heavy atom. The van der Waals surface area contributed by atoms with E-state index in [1.54, 1.807) is 18.2 Å². The molecule has 0 radical (unpaired) electrons. The lowest BCUT2D eigenvalue weighted by Gasteiger charge is -2.44. The summed E-state index contributed by atoms with van der Waals surface area (Å²) in [5.41, 5.74) is 2.89. The van der Waals surface area contributed by atoms with Gasteiger partial charge in [-0.25, -0.2) is 0 Å². The van der Waals surface area contributed by atoms with Gasteiger partial charge in [0.2, 0.25) is 0 Å². The molecule has 4 heteroatoms. The fraction of sp³-hybridized carbons (Fsp3) is 0.462. The topological polar surface area (TPSA) is 49.4 Å². The van der Waals surface area contributed by atoms with Crippen LogP contribution in [0.1, 0.15) is 76.8 Å². The van der Waals surface area contributed by atoms with Crippen LogP contribution in [0.3, 0.4) is 0 Å². The summed E-state index contributed by atoms with van der Waals surface area (Å²) >= 11 is 0. The van der Waals surface area contributed by atoms with Gasteiger partial charge >= 0.3 is 0 Å². The number of nitrogens with one attached hydrogen (secondary N) is 1. The summed E-state index contributed by atoms with van der Waals surface area (Å²) < 4.78 is 0. The first-order valence-electron chi connectivity index (χ1n) is 11.5. The zero-order valence-corrected chi connectivity index (χ0v) is 17.5. The summed E-state index contributed by atoms with van der Waals surface area (Å²) in [4.78, 5) is 28.7. The molecule has 1 N–H and O–H groups in total. The first kappa shape index (κ1) is 19.5. The summed E-state index contributed by atoms with van der Waals surface area (Å²) in [5.74, 6) is 0.706. The average Bonchev–Trinajstić information content (AvgIpc) is 2.80. The summed E-state index contributed by atoms with van der Waals surface area (Å²) in [6.07, 6.45) is 9.11. The molecule has 156 valence electrons. The second-order valence-corrected chi connectivity index (χ2v) is 9.00. The van der Waals surface area contributed by atoms with Gasteiger partial charge in [0.15, 0.2) is 11.6 Å². The molecule has 2 saturated heterocycles. The molecule has 2 heterocycles. The standard InChI is InChI=1S/C26H30N2O2/c29-25-19-10-1-2-11-20(19)26(30)24-21(25)12-5-13-22(24)27-15-6-8-18-9-7-17-28-16-4-3-14-23(18)28/h1-2,5,10-13,18,23,27H,3-4,6-9,14-17H2/t18-,23-/m1/s1. The Balaban J connectivity index is 1.26. The number of hydrogen-bond acceptors (Lipinski definition) is 4. The Kier molecular flexibility index (Phi) is 5.43. The maximum atomic E-state index is 13.1. The molecule has 2 aromatic carbocycles. The van der Waals surface area contributed by atoms with E-state index in [9.17, 15) is 9.59 Å². The molecule has 2 aromatic rings. The monoisotopic (exact) mass is 402 g/mol. The lowest BCUT2D eigenvalue weighted by molar-refractivity contribution is 0.0553. The molecule has 2 fully saturated rings. The molecule has 0 saturated carbocycles. The van der Waals surface area contributed by atoms with Crippen LogP contribution in [0.4, 0.5) is 5.69 Å². The molecule has 5 rings (SSSR count). The van der Waals surface area contributed by atoms with Crippen LogP contribution in [0, 0.1) is 5.92 Å². The number of benzene rings is 2. The van der Waals surface area contributed by atoms with E-state index < -0.39 is 0 Å². The number of nitrogens with zero attached hydrogens (tertiary/aromatic N) is 1. The average molecular weight is 403 g/mol. The molecule has 0 aromatic heterocycles. The number of fused-ring (bicyclic) bond motifs is 3. The van der Waals surface area contributed by atoms with Crippen molar-refractivity contribution in [1.82, 2.24) is 4.90 Å². The number of carbonyl (C=O) groups is 2. The molecular weight excluding hydrogens is 372 g/mol. The van der Waals surface area contributed by atoms with Crippen molar-refractivity contribution in [3.8, 4) is 0 Å². The normalized spacial score (nSPS) is 23.5. The third kappa shape index (κ3) is 3.47. The van der Waals surface area contributed by atoms with E-state index in [1.807, 2.05) is 24.3 Å². The Hall–Kier alpha value is -2.46. The molecule has 0 spiro atoms. The Labute approximate surface area is 178 Å². The van der Waals surface area contributed by atoms with Gasteiger partial charge < -0.3 is 10.2 Å². The predicted octanol–water partition coefficient (Wildman–Crippen LogP) is 4.92. The van der Waals surface area contributed by atoms with Crippen LogP contribution in [0.15, 0.2) is 42.5 Å². The van der Waals surface area contributed by atoms with E-state index in [2.05, 4.69) is 10.2 Å². The van der Waals surface area contributed by atoms with Crippen LogP contribution in [0.2, 0.25) is 0 Å². The van der Waals surface area contributed by atoms with Crippen molar-refractivity contribution in [2.24, 2.45) is 5.92 Å². The van der Waals surface area contributed by atoms with Crippen LogP contribution in [0.25, 0.3) is 0 Å². The number of hydrogen-bond donors (Lipinski definition) is 1. The highest BCUT2D eigenvalue weighted by Crippen LogP contribution is 2.34. The second-order valence-electron chi connectivity index (χ2n) is 9.00. The summed E-state index contributed by atoms with van der Waals surface area (Å²) in [7, 11) is 0. The van der Waals surface area contributed by atoms with Gasteiger partial charge in [-0.05, 0) is 63.6 Å². The highest BCUT2D eigenvalue weighted by atomic mass is 16.1. The molecule has 30 heavy (non-hydrogen) atoms. The van der Waals surface area contributed by atoms with Crippen molar-refractivity contribution in [3.05, 3.63) is 64.7 Å². The minimum atomic E-state index is -0.0524. The number of carbonyl (C=O) groups excluding carboxylic acids is 2. The first-order valence-corrected chi connectivity index (χ1v) is 11.5. The van der Waals surface area contributed by atoms with Crippen molar-refractivity contribution in [2.45, 2.75) is 51.0 Å². The van der Waals surface area contributed by atoms with Gasteiger partial charge in [-0.1, -0.05) is 42.8 Å². The third-order valence-corrected chi connectivity index (χ3v) is 7.25.